The molecule has 0 spiro atoms. The Morgan fingerprint density at radius 3 is 2.69 bits per heavy atom. The molecule has 0 aliphatic carbocycles. The minimum Gasteiger partial charge on any atom is -0.376 e. The Kier molecular flexibility index (Phi) is 10.0. The number of hydrogen-bond acceptors (Lipinski definition) is 3. The Balaban J connectivity index is 0.00000300. The van der Waals surface area contributed by atoms with Gasteiger partial charge in [0.25, 0.3) is 0 Å². The van der Waals surface area contributed by atoms with Gasteiger partial charge in [0.2, 0.25) is 0 Å². The number of benzene rings is 1. The summed E-state index contributed by atoms with van der Waals surface area (Å²) in [6.45, 7) is 5.74. The first kappa shape index (κ1) is 24.3. The Morgan fingerprint density at radius 1 is 1.31 bits per heavy atom. The van der Waals surface area contributed by atoms with Gasteiger partial charge < -0.3 is 19.7 Å². The molecule has 2 unspecified atom stereocenters. The Morgan fingerprint density at radius 2 is 2.07 bits per heavy atom. The molecule has 0 bridgehead atoms. The van der Waals surface area contributed by atoms with Crippen LogP contribution in [-0.4, -0.2) is 63.0 Å². The van der Waals surface area contributed by atoms with Crippen LogP contribution in [0.25, 0.3) is 0 Å². The predicted octanol–water partition coefficient (Wildman–Crippen LogP) is 3.92. The molecule has 0 radical (unpaired) electrons. The van der Waals surface area contributed by atoms with E-state index in [2.05, 4.69) is 15.2 Å². The third-order valence-electron chi connectivity index (χ3n) is 5.55. The van der Waals surface area contributed by atoms with Gasteiger partial charge in [0, 0.05) is 45.3 Å². The number of nitrogens with one attached hydrogen (secondary N) is 1. The molecule has 8 heteroatoms. The van der Waals surface area contributed by atoms with Crippen LogP contribution in [0.5, 0.6) is 0 Å². The van der Waals surface area contributed by atoms with Crippen molar-refractivity contribution in [3.63, 3.8) is 0 Å². The van der Waals surface area contributed by atoms with Crippen molar-refractivity contribution < 1.29 is 18.3 Å². The third kappa shape index (κ3) is 7.03. The van der Waals surface area contributed by atoms with Gasteiger partial charge in [-0.05, 0) is 37.3 Å². The molecule has 2 saturated heterocycles. The van der Waals surface area contributed by atoms with E-state index in [1.807, 2.05) is 6.92 Å². The fourth-order valence-electron chi connectivity index (χ4n) is 3.84. The third-order valence-corrected chi connectivity index (χ3v) is 5.55. The predicted molar refractivity (Wildman–Crippen MR) is 121 cm³/mol. The maximum absolute atomic E-state index is 14.0. The molecule has 1 aromatic rings. The van der Waals surface area contributed by atoms with Crippen LogP contribution in [0.15, 0.2) is 23.2 Å². The molecule has 0 amide bonds. The maximum atomic E-state index is 14.0. The summed E-state index contributed by atoms with van der Waals surface area (Å²) in [6.07, 6.45) is 4.67. The molecule has 0 aromatic heterocycles. The van der Waals surface area contributed by atoms with Crippen LogP contribution in [0.3, 0.4) is 0 Å². The van der Waals surface area contributed by atoms with Crippen LogP contribution < -0.4 is 5.32 Å². The average molecular weight is 523 g/mol. The Labute approximate surface area is 189 Å². The number of rotatable bonds is 6. The van der Waals surface area contributed by atoms with E-state index in [1.54, 1.807) is 7.05 Å². The summed E-state index contributed by atoms with van der Waals surface area (Å²) < 4.78 is 38.7. The van der Waals surface area contributed by atoms with E-state index in [1.165, 1.54) is 12.1 Å². The number of nitrogens with zero attached hydrogens (tertiary/aromatic N) is 2. The van der Waals surface area contributed by atoms with Crippen LogP contribution in [0.2, 0.25) is 0 Å². The molecule has 2 fully saturated rings. The number of guanidine groups is 1. The van der Waals surface area contributed by atoms with Gasteiger partial charge in [0.15, 0.2) is 5.96 Å². The summed E-state index contributed by atoms with van der Waals surface area (Å²) >= 11 is 0. The molecule has 164 valence electrons. The van der Waals surface area contributed by atoms with Crippen LogP contribution in [-0.2, 0) is 9.47 Å². The summed E-state index contributed by atoms with van der Waals surface area (Å²) in [5, 5.41) is 3.33. The van der Waals surface area contributed by atoms with E-state index in [9.17, 15) is 8.78 Å². The highest BCUT2D eigenvalue weighted by molar-refractivity contribution is 14.0. The van der Waals surface area contributed by atoms with Crippen molar-refractivity contribution >= 4 is 29.9 Å². The van der Waals surface area contributed by atoms with Gasteiger partial charge in [-0.15, -0.1) is 24.0 Å². The lowest BCUT2D eigenvalue weighted by atomic mass is 10.0. The monoisotopic (exact) mass is 523 g/mol. The summed E-state index contributed by atoms with van der Waals surface area (Å²) in [5.41, 5.74) is 0.505. The molecule has 29 heavy (non-hydrogen) atoms. The lowest BCUT2D eigenvalue weighted by Crippen LogP contribution is -2.48. The van der Waals surface area contributed by atoms with Crippen molar-refractivity contribution in [3.05, 3.63) is 35.4 Å². The number of likely N-dealkylation sites (tertiary alicyclic amines) is 1. The lowest BCUT2D eigenvalue weighted by molar-refractivity contribution is -0.0367. The second-order valence-electron chi connectivity index (χ2n) is 7.65. The van der Waals surface area contributed by atoms with Gasteiger partial charge >= 0.3 is 0 Å². The molecule has 2 atom stereocenters. The number of piperidine rings is 1. The SMILES string of the molecule is CN=C(NCC(C)c1ccc(F)cc1F)N1CCC(OCC2CCCO2)CC1.I. The van der Waals surface area contributed by atoms with E-state index in [0.29, 0.717) is 18.7 Å². The number of hydrogen-bond donors (Lipinski definition) is 1. The minimum atomic E-state index is -0.554. The van der Waals surface area contributed by atoms with Gasteiger partial charge in [0.1, 0.15) is 11.6 Å². The first-order valence-electron chi connectivity index (χ1n) is 10.2. The number of aliphatic imine (C=N–C) groups is 1. The molecular weight excluding hydrogens is 491 g/mol. The van der Waals surface area contributed by atoms with E-state index in [-0.39, 0.29) is 42.1 Å². The fraction of sp³-hybridized carbons (Fsp3) is 0.667. The van der Waals surface area contributed by atoms with Crippen molar-refractivity contribution in [2.75, 3.05) is 39.9 Å². The zero-order chi connectivity index (χ0) is 19.9. The van der Waals surface area contributed by atoms with Crippen molar-refractivity contribution in [2.45, 2.75) is 50.7 Å². The summed E-state index contributed by atoms with van der Waals surface area (Å²) in [4.78, 5) is 6.57. The molecule has 3 rings (SSSR count). The second kappa shape index (κ2) is 12.0. The fourth-order valence-corrected chi connectivity index (χ4v) is 3.84. The Bertz CT molecular complexity index is 663. The van der Waals surface area contributed by atoms with Gasteiger partial charge in [-0.1, -0.05) is 13.0 Å². The number of halogens is 3. The van der Waals surface area contributed by atoms with E-state index in [0.717, 1.165) is 57.4 Å². The summed E-state index contributed by atoms with van der Waals surface area (Å²) in [6, 6.07) is 3.74. The van der Waals surface area contributed by atoms with Gasteiger partial charge in [-0.2, -0.15) is 0 Å². The van der Waals surface area contributed by atoms with Crippen molar-refractivity contribution in [1.82, 2.24) is 10.2 Å². The topological polar surface area (TPSA) is 46.1 Å². The van der Waals surface area contributed by atoms with Crippen LogP contribution in [0.4, 0.5) is 8.78 Å². The van der Waals surface area contributed by atoms with Crippen molar-refractivity contribution in [2.24, 2.45) is 4.99 Å². The van der Waals surface area contributed by atoms with Crippen LogP contribution >= 0.6 is 24.0 Å². The van der Waals surface area contributed by atoms with E-state index >= 15 is 0 Å². The maximum Gasteiger partial charge on any atom is 0.193 e. The van der Waals surface area contributed by atoms with Crippen molar-refractivity contribution in [3.8, 4) is 0 Å². The van der Waals surface area contributed by atoms with Gasteiger partial charge in [-0.25, -0.2) is 8.78 Å². The Hall–Kier alpha value is -1.00. The number of ether oxygens (including phenoxy) is 2. The van der Waals surface area contributed by atoms with Crippen LogP contribution in [0.1, 0.15) is 44.1 Å². The molecule has 2 aliphatic rings. The normalized spacial score (nSPS) is 21.7. The lowest BCUT2D eigenvalue weighted by Gasteiger charge is -2.34. The summed E-state index contributed by atoms with van der Waals surface area (Å²) in [7, 11) is 1.76. The standard InChI is InChI=1S/C21H31F2N3O2.HI/c1-15(19-6-5-16(22)12-20(19)23)13-25-21(24-2)26-9-7-17(8-10-26)28-14-18-4-3-11-27-18;/h5-6,12,15,17-18H,3-4,7-11,13-14H2,1-2H3,(H,24,25);1H. The molecule has 2 heterocycles. The van der Waals surface area contributed by atoms with Crippen molar-refractivity contribution in [1.29, 1.82) is 0 Å². The molecular formula is C21H32F2IN3O2. The molecule has 5 nitrogen and oxygen atoms in total. The van der Waals surface area contributed by atoms with Gasteiger partial charge in [0.05, 0.1) is 18.8 Å². The molecule has 1 N–H and O–H groups in total. The highest BCUT2D eigenvalue weighted by Crippen LogP contribution is 2.20. The van der Waals surface area contributed by atoms with E-state index in [4.69, 9.17) is 9.47 Å². The first-order chi connectivity index (χ1) is 13.6. The summed E-state index contributed by atoms with van der Waals surface area (Å²) in [5.74, 6) is -0.341. The first-order valence-corrected chi connectivity index (χ1v) is 10.2. The smallest absolute Gasteiger partial charge is 0.193 e. The zero-order valence-electron chi connectivity index (χ0n) is 17.2. The minimum absolute atomic E-state index is 0. The largest absolute Gasteiger partial charge is 0.376 e. The van der Waals surface area contributed by atoms with Gasteiger partial charge in [-0.3, -0.25) is 4.99 Å². The zero-order valence-corrected chi connectivity index (χ0v) is 19.5. The highest BCUT2D eigenvalue weighted by atomic mass is 127. The molecule has 1 aromatic carbocycles. The van der Waals surface area contributed by atoms with E-state index < -0.39 is 11.6 Å². The molecule has 0 saturated carbocycles. The average Bonchev–Trinajstić information content (AvgIpc) is 3.21. The van der Waals surface area contributed by atoms with Crippen LogP contribution in [0, 0.1) is 11.6 Å². The quantitative estimate of drug-likeness (QED) is 0.349. The second-order valence-corrected chi connectivity index (χ2v) is 7.65. The highest BCUT2D eigenvalue weighted by Gasteiger charge is 2.24. The molecule has 2 aliphatic heterocycles.